The first kappa shape index (κ1) is 32.8. The monoisotopic (exact) mass is 628 g/mol. The van der Waals surface area contributed by atoms with Crippen molar-refractivity contribution in [2.45, 2.75) is 81.6 Å². The number of nitrogens with zero attached hydrogens (tertiary/aromatic N) is 1. The summed E-state index contributed by atoms with van der Waals surface area (Å²) >= 11 is 3.52. The van der Waals surface area contributed by atoms with E-state index in [-0.39, 0.29) is 15.7 Å². The fraction of sp³-hybridized carbons (Fsp3) is 0.500. The highest BCUT2D eigenvalue weighted by Crippen LogP contribution is 2.41. The van der Waals surface area contributed by atoms with Gasteiger partial charge >= 0.3 is 5.69 Å². The van der Waals surface area contributed by atoms with Gasteiger partial charge in [-0.1, -0.05) is 81.4 Å². The van der Waals surface area contributed by atoms with Crippen molar-refractivity contribution in [3.8, 4) is 0 Å². The minimum atomic E-state index is -2.83. The van der Waals surface area contributed by atoms with Gasteiger partial charge in [-0.05, 0) is 48.7 Å². The van der Waals surface area contributed by atoms with Gasteiger partial charge < -0.3 is 13.9 Å². The summed E-state index contributed by atoms with van der Waals surface area (Å²) in [7, 11) is -2.83. The molecule has 0 radical (unpaired) electrons. The Morgan fingerprint density at radius 3 is 2.02 bits per heavy atom. The summed E-state index contributed by atoms with van der Waals surface area (Å²) in [6, 6.07) is 21.0. The van der Waals surface area contributed by atoms with Gasteiger partial charge in [0.2, 0.25) is 0 Å². The molecule has 0 amide bonds. The molecule has 1 saturated heterocycles. The maximum Gasteiger partial charge on any atom is 0.330 e. The van der Waals surface area contributed by atoms with Gasteiger partial charge in [-0.2, -0.15) is 0 Å². The van der Waals surface area contributed by atoms with Crippen molar-refractivity contribution in [1.29, 1.82) is 0 Å². The average Bonchev–Trinajstić information content (AvgIpc) is 3.33. The lowest BCUT2D eigenvalue weighted by molar-refractivity contribution is -0.105. The van der Waals surface area contributed by atoms with Crippen molar-refractivity contribution in [3.63, 3.8) is 0 Å². The highest BCUT2D eigenvalue weighted by Gasteiger charge is 2.52. The van der Waals surface area contributed by atoms with Crippen LogP contribution in [0.2, 0.25) is 5.04 Å². The van der Waals surface area contributed by atoms with Gasteiger partial charge in [-0.3, -0.25) is 14.3 Å². The molecule has 1 aliphatic rings. The van der Waals surface area contributed by atoms with Crippen LogP contribution in [0, 0.1) is 6.92 Å². The number of nitrogens with one attached hydrogen (secondary N) is 1. The molecule has 42 heavy (non-hydrogen) atoms. The summed E-state index contributed by atoms with van der Waals surface area (Å²) < 4.78 is 22.4. The molecular weight excluding hydrogens is 585 g/mol. The van der Waals surface area contributed by atoms with Gasteiger partial charge in [-0.25, -0.2) is 4.79 Å². The second-order valence-electron chi connectivity index (χ2n) is 12.4. The fourth-order valence-corrected chi connectivity index (χ4v) is 12.6. The largest absolute Gasteiger partial charge is 0.405 e. The molecule has 4 rings (SSSR count). The summed E-state index contributed by atoms with van der Waals surface area (Å²) in [5.41, 5.74) is -0.901. The first-order valence-electron chi connectivity index (χ1n) is 14.3. The highest BCUT2D eigenvalue weighted by atomic mass is 32.2. The molecule has 3 aromatic rings. The summed E-state index contributed by atoms with van der Waals surface area (Å²) in [6.07, 6.45) is 4.86. The molecule has 228 valence electrons. The molecular formula is C32H44N2O5S2Si. The molecule has 0 bridgehead atoms. The zero-order chi connectivity index (χ0) is 30.7. The number of hydrogen-bond acceptors (Lipinski definition) is 7. The second kappa shape index (κ2) is 13.3. The Hall–Kier alpha value is -2.08. The maximum atomic E-state index is 12.9. The Balaban J connectivity index is 1.74. The normalized spacial score (nSPS) is 19.9. The van der Waals surface area contributed by atoms with Gasteiger partial charge in [0, 0.05) is 18.2 Å². The lowest BCUT2D eigenvalue weighted by Gasteiger charge is -2.44. The Labute approximate surface area is 258 Å². The van der Waals surface area contributed by atoms with Crippen LogP contribution in [0.25, 0.3) is 0 Å². The molecule has 2 heterocycles. The predicted molar refractivity (Wildman–Crippen MR) is 178 cm³/mol. The number of ether oxygens (including phenoxy) is 2. The van der Waals surface area contributed by atoms with E-state index in [1.165, 1.54) is 14.9 Å². The zero-order valence-electron chi connectivity index (χ0n) is 25.9. The van der Waals surface area contributed by atoms with Crippen LogP contribution in [-0.4, -0.2) is 59.4 Å². The molecule has 0 spiro atoms. The lowest BCUT2D eigenvalue weighted by Crippen LogP contribution is -2.67. The summed E-state index contributed by atoms with van der Waals surface area (Å²) in [5, 5.41) is 2.18. The van der Waals surface area contributed by atoms with Crippen molar-refractivity contribution in [1.82, 2.24) is 9.55 Å². The summed E-state index contributed by atoms with van der Waals surface area (Å²) in [4.78, 5) is 27.4. The minimum Gasteiger partial charge on any atom is -0.405 e. The first-order chi connectivity index (χ1) is 19.8. The number of benzene rings is 2. The zero-order valence-corrected chi connectivity index (χ0v) is 28.5. The Bertz CT molecular complexity index is 1400. The van der Waals surface area contributed by atoms with E-state index in [4.69, 9.17) is 13.9 Å². The molecule has 7 nitrogen and oxygen atoms in total. The Morgan fingerprint density at radius 1 is 0.976 bits per heavy atom. The number of hydrogen-bond donors (Lipinski definition) is 1. The molecule has 0 unspecified atom stereocenters. The molecule has 1 N–H and O–H groups in total. The van der Waals surface area contributed by atoms with E-state index in [1.807, 2.05) is 12.1 Å². The number of aromatic amines is 1. The van der Waals surface area contributed by atoms with Crippen molar-refractivity contribution >= 4 is 42.2 Å². The van der Waals surface area contributed by atoms with E-state index >= 15 is 0 Å². The number of H-pyrrole nitrogens is 1. The van der Waals surface area contributed by atoms with Gasteiger partial charge in [0.05, 0.1) is 22.9 Å². The van der Waals surface area contributed by atoms with E-state index in [1.54, 1.807) is 36.6 Å². The third kappa shape index (κ3) is 6.69. The molecule has 1 aliphatic heterocycles. The maximum absolute atomic E-state index is 12.9. The second-order valence-corrected chi connectivity index (χ2v) is 18.9. The molecule has 3 atom stereocenters. The third-order valence-electron chi connectivity index (χ3n) is 7.97. The standard InChI is InChI=1S/C32H44N2O5S2Si/c1-22-20-34(30(36)33-28(22)35)27-19-25(39-32(5,6)29(40-7)41-8)26(38-27)21-37-42(31(2,3)4,23-15-11-9-12-16-23)24-17-13-10-14-18-24/h9-18,20,25-27,29H,19,21H2,1-8H3,(H,33,35,36)/t25-,26+,27+/m0/s1. The molecule has 1 fully saturated rings. The third-order valence-corrected chi connectivity index (χ3v) is 16.1. The lowest BCUT2D eigenvalue weighted by atomic mass is 10.1. The number of rotatable bonds is 11. The predicted octanol–water partition coefficient (Wildman–Crippen LogP) is 4.93. The Morgan fingerprint density at radius 2 is 1.52 bits per heavy atom. The molecule has 0 saturated carbocycles. The Kier molecular flexibility index (Phi) is 10.4. The molecule has 2 aromatic carbocycles. The van der Waals surface area contributed by atoms with Crippen LogP contribution in [0.3, 0.4) is 0 Å². The van der Waals surface area contributed by atoms with E-state index in [0.29, 0.717) is 18.6 Å². The van der Waals surface area contributed by atoms with E-state index < -0.39 is 37.5 Å². The van der Waals surface area contributed by atoms with Crippen LogP contribution in [0.5, 0.6) is 0 Å². The van der Waals surface area contributed by atoms with E-state index in [9.17, 15) is 9.59 Å². The first-order valence-corrected chi connectivity index (χ1v) is 18.8. The SMILES string of the molecule is CSC(SC)C(C)(C)O[C@H]1C[C@H](n2cc(C)c(=O)[nH]c2=O)O[C@@H]1CO[Si](c1ccccc1)(c1ccccc1)C(C)(C)C. The van der Waals surface area contributed by atoms with Crippen molar-refractivity contribution in [2.24, 2.45) is 0 Å². The topological polar surface area (TPSA) is 82.6 Å². The van der Waals surface area contributed by atoms with Crippen LogP contribution in [0.1, 0.15) is 52.8 Å². The molecule has 1 aromatic heterocycles. The smallest absolute Gasteiger partial charge is 0.330 e. The van der Waals surface area contributed by atoms with Gasteiger partial charge in [0.15, 0.2) is 0 Å². The van der Waals surface area contributed by atoms with Gasteiger partial charge in [0.1, 0.15) is 12.3 Å². The number of aryl methyl sites for hydroxylation is 1. The molecule has 10 heteroatoms. The van der Waals surface area contributed by atoms with Gasteiger partial charge in [0.25, 0.3) is 13.9 Å². The van der Waals surface area contributed by atoms with Crippen molar-refractivity contribution < 1.29 is 13.9 Å². The molecule has 0 aliphatic carbocycles. The van der Waals surface area contributed by atoms with Crippen LogP contribution in [0.15, 0.2) is 76.4 Å². The minimum absolute atomic E-state index is 0.195. The summed E-state index contributed by atoms with van der Waals surface area (Å²) in [6.45, 7) is 12.9. The van der Waals surface area contributed by atoms with E-state index in [2.05, 4.69) is 101 Å². The van der Waals surface area contributed by atoms with Crippen LogP contribution in [0.4, 0.5) is 0 Å². The van der Waals surface area contributed by atoms with Crippen LogP contribution in [-0.2, 0) is 13.9 Å². The quantitative estimate of drug-likeness (QED) is 0.238. The number of aromatic nitrogens is 2. The van der Waals surface area contributed by atoms with E-state index in [0.717, 1.165) is 0 Å². The fourth-order valence-electron chi connectivity index (χ4n) is 6.02. The summed E-state index contributed by atoms with van der Waals surface area (Å²) in [5.74, 6) is 0. The van der Waals surface area contributed by atoms with Crippen molar-refractivity contribution in [3.05, 3.63) is 93.3 Å². The highest BCUT2D eigenvalue weighted by molar-refractivity contribution is 8.16. The van der Waals surface area contributed by atoms with Crippen LogP contribution >= 0.6 is 23.5 Å². The average molecular weight is 629 g/mol. The number of thioether (sulfide) groups is 2. The van der Waals surface area contributed by atoms with Crippen molar-refractivity contribution in [2.75, 3.05) is 19.1 Å². The van der Waals surface area contributed by atoms with Crippen LogP contribution < -0.4 is 21.6 Å². The van der Waals surface area contributed by atoms with Gasteiger partial charge in [-0.15, -0.1) is 23.5 Å².